The Labute approximate surface area is 87.9 Å². The average molecular weight is 240 g/mol. The molecule has 0 unspecified atom stereocenters. The van der Waals surface area contributed by atoms with E-state index in [1.54, 1.807) is 0 Å². The van der Waals surface area contributed by atoms with Crippen LogP contribution in [0.4, 0.5) is 0 Å². The van der Waals surface area contributed by atoms with Gasteiger partial charge in [-0.05, 0) is 6.07 Å². The van der Waals surface area contributed by atoms with Gasteiger partial charge in [0.05, 0.1) is 7.11 Å². The van der Waals surface area contributed by atoms with Gasteiger partial charge in [-0.25, -0.2) is 13.0 Å². The lowest BCUT2D eigenvalue weighted by Crippen LogP contribution is -2.25. The second-order valence-corrected chi connectivity index (χ2v) is 3.85. The van der Waals surface area contributed by atoms with E-state index >= 15 is 0 Å². The molecule has 0 aliphatic carbocycles. The van der Waals surface area contributed by atoms with Crippen molar-refractivity contribution in [2.24, 2.45) is 7.05 Å². The van der Waals surface area contributed by atoms with Crippen LogP contribution in [0.2, 0.25) is 5.02 Å². The van der Waals surface area contributed by atoms with Crippen molar-refractivity contribution in [3.8, 4) is 0 Å². The molecule has 0 spiro atoms. The first-order chi connectivity index (χ1) is 6.35. The summed E-state index contributed by atoms with van der Waals surface area (Å²) in [7, 11) is -1.67. The zero-order valence-corrected chi connectivity index (χ0v) is 9.25. The summed E-state index contributed by atoms with van der Waals surface area (Å²) >= 11 is 5.62. The summed E-state index contributed by atoms with van der Waals surface area (Å²) in [6, 6.07) is 3.75. The van der Waals surface area contributed by atoms with E-state index in [1.807, 2.05) is 36.1 Å². The summed E-state index contributed by atoms with van der Waals surface area (Å²) in [5, 5.41) is 0.773. The first kappa shape index (κ1) is 13.3. The van der Waals surface area contributed by atoms with Gasteiger partial charge in [0, 0.05) is 6.07 Å². The third kappa shape index (κ3) is 7.93. The number of hydrogen-bond donors (Lipinski definition) is 0. The number of halogens is 1. The molecule has 0 aliphatic rings. The lowest BCUT2D eigenvalue weighted by molar-refractivity contribution is -0.671. The fourth-order valence-electron chi connectivity index (χ4n) is 0.551. The minimum Gasteiger partial charge on any atom is -0.726 e. The number of rotatable bonds is 1. The maximum atomic E-state index is 9.22. The molecule has 1 rings (SSSR count). The van der Waals surface area contributed by atoms with Gasteiger partial charge in [-0.3, -0.25) is 4.18 Å². The van der Waals surface area contributed by atoms with Crippen LogP contribution in [0.3, 0.4) is 0 Å². The smallest absolute Gasteiger partial charge is 0.217 e. The Morgan fingerprint density at radius 2 is 2.07 bits per heavy atom. The van der Waals surface area contributed by atoms with E-state index in [2.05, 4.69) is 4.18 Å². The lowest BCUT2D eigenvalue weighted by Gasteiger charge is -1.98. The largest absolute Gasteiger partial charge is 0.726 e. The third-order valence-electron chi connectivity index (χ3n) is 1.11. The number of hydrogen-bond acceptors (Lipinski definition) is 4. The Morgan fingerprint density at radius 3 is 2.29 bits per heavy atom. The molecular weight excluding hydrogens is 230 g/mol. The van der Waals surface area contributed by atoms with Gasteiger partial charge in [0.15, 0.2) is 12.4 Å². The molecule has 1 heterocycles. The van der Waals surface area contributed by atoms with Crippen LogP contribution < -0.4 is 4.57 Å². The van der Waals surface area contributed by atoms with Crippen molar-refractivity contribution >= 4 is 22.0 Å². The molecule has 0 aromatic carbocycles. The predicted octanol–water partition coefficient (Wildman–Crippen LogP) is 0.258. The molecule has 0 radical (unpaired) electrons. The third-order valence-corrected chi connectivity index (χ3v) is 1.74. The number of aryl methyl sites for hydroxylation is 1. The molecule has 0 aliphatic heterocycles. The fraction of sp³-hybridized carbons (Fsp3) is 0.286. The quantitative estimate of drug-likeness (QED) is 0.400. The topological polar surface area (TPSA) is 70.3 Å². The molecule has 0 saturated heterocycles. The fourth-order valence-corrected chi connectivity index (χ4v) is 0.778. The SMILES string of the molecule is COS(=O)(=O)[O-].C[n+]1cccc(Cl)c1. The lowest BCUT2D eigenvalue weighted by atomic mass is 10.5. The van der Waals surface area contributed by atoms with Gasteiger partial charge in [-0.1, -0.05) is 11.6 Å². The predicted molar refractivity (Wildman–Crippen MR) is 49.3 cm³/mol. The van der Waals surface area contributed by atoms with E-state index in [1.165, 1.54) is 0 Å². The van der Waals surface area contributed by atoms with Crippen molar-refractivity contribution in [3.05, 3.63) is 29.5 Å². The summed E-state index contributed by atoms with van der Waals surface area (Å²) in [6.07, 6.45) is 3.79. The molecule has 1 aromatic rings. The van der Waals surface area contributed by atoms with Gasteiger partial charge >= 0.3 is 0 Å². The number of nitrogens with zero attached hydrogens (tertiary/aromatic N) is 1. The maximum Gasteiger partial charge on any atom is 0.217 e. The molecule has 0 fully saturated rings. The molecule has 0 saturated carbocycles. The highest BCUT2D eigenvalue weighted by Gasteiger charge is 1.89. The minimum atomic E-state index is -4.41. The first-order valence-electron chi connectivity index (χ1n) is 3.47. The van der Waals surface area contributed by atoms with E-state index in [9.17, 15) is 13.0 Å². The van der Waals surface area contributed by atoms with Crippen LogP contribution in [0.5, 0.6) is 0 Å². The van der Waals surface area contributed by atoms with Gasteiger partial charge in [-0.2, -0.15) is 0 Å². The van der Waals surface area contributed by atoms with E-state index in [-0.39, 0.29) is 0 Å². The Bertz CT molecular complexity index is 362. The van der Waals surface area contributed by atoms with Gasteiger partial charge in [-0.15, -0.1) is 0 Å². The summed E-state index contributed by atoms with van der Waals surface area (Å²) in [5.74, 6) is 0. The van der Waals surface area contributed by atoms with Gasteiger partial charge in [0.2, 0.25) is 10.4 Å². The van der Waals surface area contributed by atoms with E-state index in [0.29, 0.717) is 0 Å². The molecular formula is C7H10ClNO4S. The summed E-state index contributed by atoms with van der Waals surface area (Å²) in [5.41, 5.74) is 0. The zero-order chi connectivity index (χ0) is 11.2. The van der Waals surface area contributed by atoms with Crippen LogP contribution in [0.1, 0.15) is 0 Å². The molecule has 0 atom stereocenters. The molecule has 5 nitrogen and oxygen atoms in total. The molecule has 0 N–H and O–H groups in total. The average Bonchev–Trinajstić information content (AvgIpc) is 2.03. The monoisotopic (exact) mass is 239 g/mol. The van der Waals surface area contributed by atoms with Crippen molar-refractivity contribution in [1.82, 2.24) is 0 Å². The van der Waals surface area contributed by atoms with Crippen LogP contribution in [-0.2, 0) is 21.6 Å². The van der Waals surface area contributed by atoms with Crippen molar-refractivity contribution in [2.45, 2.75) is 0 Å². The Morgan fingerprint density at radius 1 is 1.57 bits per heavy atom. The molecule has 80 valence electrons. The van der Waals surface area contributed by atoms with Crippen LogP contribution >= 0.6 is 11.6 Å². The maximum absolute atomic E-state index is 9.22. The molecule has 0 bridgehead atoms. The number of aromatic nitrogens is 1. The van der Waals surface area contributed by atoms with Crippen molar-refractivity contribution in [3.63, 3.8) is 0 Å². The summed E-state index contributed by atoms with van der Waals surface area (Å²) in [6.45, 7) is 0. The second-order valence-electron chi connectivity index (χ2n) is 2.26. The molecule has 14 heavy (non-hydrogen) atoms. The highest BCUT2D eigenvalue weighted by atomic mass is 35.5. The minimum absolute atomic E-state index is 0.773. The Balaban J connectivity index is 0.000000255. The molecule has 1 aromatic heterocycles. The van der Waals surface area contributed by atoms with E-state index < -0.39 is 10.4 Å². The van der Waals surface area contributed by atoms with Crippen molar-refractivity contribution in [1.29, 1.82) is 0 Å². The zero-order valence-electron chi connectivity index (χ0n) is 7.68. The van der Waals surface area contributed by atoms with E-state index in [4.69, 9.17) is 11.6 Å². The summed E-state index contributed by atoms with van der Waals surface area (Å²) < 4.78 is 32.9. The Kier molecular flexibility index (Phi) is 5.63. The van der Waals surface area contributed by atoms with Crippen LogP contribution in [0.25, 0.3) is 0 Å². The normalized spacial score (nSPS) is 10.3. The molecule has 0 amide bonds. The van der Waals surface area contributed by atoms with Crippen LogP contribution in [-0.4, -0.2) is 20.1 Å². The summed E-state index contributed by atoms with van der Waals surface area (Å²) in [4.78, 5) is 0. The highest BCUT2D eigenvalue weighted by molar-refractivity contribution is 7.80. The standard InChI is InChI=1S/C6H7ClN.CH4O4S/c1-8-4-2-3-6(7)5-8;1-5-6(2,3)4/h2-5H,1H3;1H3,(H,2,3,4)/q+1;/p-1. The van der Waals surface area contributed by atoms with Crippen LogP contribution in [0, 0.1) is 0 Å². The van der Waals surface area contributed by atoms with E-state index in [0.717, 1.165) is 12.1 Å². The van der Waals surface area contributed by atoms with Gasteiger partial charge in [0.25, 0.3) is 0 Å². The molecule has 7 heteroatoms. The Hall–Kier alpha value is -0.690. The van der Waals surface area contributed by atoms with Crippen LogP contribution in [0.15, 0.2) is 24.5 Å². The second kappa shape index (κ2) is 5.92. The highest BCUT2D eigenvalue weighted by Crippen LogP contribution is 1.99. The van der Waals surface area contributed by atoms with Crippen molar-refractivity contribution in [2.75, 3.05) is 7.11 Å². The van der Waals surface area contributed by atoms with Gasteiger partial charge < -0.3 is 4.55 Å². The first-order valence-corrected chi connectivity index (χ1v) is 5.18. The van der Waals surface area contributed by atoms with Gasteiger partial charge in [0.1, 0.15) is 12.1 Å². The van der Waals surface area contributed by atoms with Crippen molar-refractivity contribution < 1.29 is 21.7 Å². The number of pyridine rings is 1.